The van der Waals surface area contributed by atoms with E-state index >= 15 is 0 Å². The third kappa shape index (κ3) is 3.84. The molecule has 118 valence electrons. The van der Waals surface area contributed by atoms with Crippen molar-refractivity contribution in [3.8, 4) is 5.88 Å². The number of carbonyl (C=O) groups is 1. The average molecular weight is 303 g/mol. The first-order valence-electron chi connectivity index (χ1n) is 7.41. The number of rotatable bonds is 7. The number of amides is 1. The van der Waals surface area contributed by atoms with Gasteiger partial charge in [-0.3, -0.25) is 4.79 Å². The maximum absolute atomic E-state index is 12.2. The molecule has 2 heterocycles. The minimum absolute atomic E-state index is 0.171. The fraction of sp³-hybridized carbons (Fsp3) is 0.438. The monoisotopic (exact) mass is 303 g/mol. The van der Waals surface area contributed by atoms with Gasteiger partial charge in [0.15, 0.2) is 0 Å². The lowest BCUT2D eigenvalue weighted by Gasteiger charge is -2.09. The summed E-state index contributed by atoms with van der Waals surface area (Å²) >= 11 is 0. The van der Waals surface area contributed by atoms with E-state index in [-0.39, 0.29) is 5.91 Å². The van der Waals surface area contributed by atoms with E-state index in [0.29, 0.717) is 24.6 Å². The molecule has 0 atom stereocenters. The molecule has 0 radical (unpaired) electrons. The van der Waals surface area contributed by atoms with Crippen molar-refractivity contribution in [2.45, 2.75) is 33.6 Å². The Balaban J connectivity index is 1.86. The maximum atomic E-state index is 12.2. The van der Waals surface area contributed by atoms with E-state index in [1.165, 1.54) is 0 Å². The summed E-state index contributed by atoms with van der Waals surface area (Å²) < 4.78 is 10.5. The smallest absolute Gasteiger partial charge is 0.256 e. The molecule has 2 aromatic rings. The molecule has 22 heavy (non-hydrogen) atoms. The van der Waals surface area contributed by atoms with Crippen molar-refractivity contribution in [2.75, 3.05) is 13.2 Å². The van der Waals surface area contributed by atoms with E-state index in [4.69, 9.17) is 9.26 Å². The minimum Gasteiger partial charge on any atom is -0.477 e. The molecule has 6 heteroatoms. The fourth-order valence-corrected chi connectivity index (χ4v) is 2.24. The Morgan fingerprint density at radius 3 is 2.91 bits per heavy atom. The molecule has 0 unspecified atom stereocenters. The summed E-state index contributed by atoms with van der Waals surface area (Å²) in [6.45, 7) is 6.74. The number of nitrogens with one attached hydrogen (secondary N) is 1. The van der Waals surface area contributed by atoms with Crippen molar-refractivity contribution in [1.29, 1.82) is 0 Å². The quantitative estimate of drug-likeness (QED) is 0.795. The van der Waals surface area contributed by atoms with Gasteiger partial charge in [0, 0.05) is 18.3 Å². The molecule has 0 bridgehead atoms. The fourth-order valence-electron chi connectivity index (χ4n) is 2.24. The van der Waals surface area contributed by atoms with Crippen LogP contribution in [0.3, 0.4) is 0 Å². The topological polar surface area (TPSA) is 77.2 Å². The second kappa shape index (κ2) is 7.59. The molecule has 2 rings (SSSR count). The van der Waals surface area contributed by atoms with Crippen LogP contribution in [0.15, 0.2) is 22.9 Å². The Kier molecular flexibility index (Phi) is 5.52. The molecule has 0 fully saturated rings. The third-order valence-electron chi connectivity index (χ3n) is 3.37. The van der Waals surface area contributed by atoms with E-state index < -0.39 is 0 Å². The summed E-state index contributed by atoms with van der Waals surface area (Å²) in [6.07, 6.45) is 3.25. The van der Waals surface area contributed by atoms with Gasteiger partial charge in [-0.1, -0.05) is 5.16 Å². The highest BCUT2D eigenvalue weighted by molar-refractivity contribution is 5.96. The number of ether oxygens (including phenoxy) is 1. The van der Waals surface area contributed by atoms with Gasteiger partial charge in [-0.15, -0.1) is 0 Å². The van der Waals surface area contributed by atoms with Crippen LogP contribution in [0, 0.1) is 13.8 Å². The summed E-state index contributed by atoms with van der Waals surface area (Å²) in [4.78, 5) is 16.3. The van der Waals surface area contributed by atoms with Gasteiger partial charge in [-0.2, -0.15) is 0 Å². The number of hydrogen-bond donors (Lipinski definition) is 1. The summed E-state index contributed by atoms with van der Waals surface area (Å²) in [6, 6.07) is 3.43. The van der Waals surface area contributed by atoms with Gasteiger partial charge >= 0.3 is 0 Å². The van der Waals surface area contributed by atoms with Crippen LogP contribution in [0.5, 0.6) is 5.88 Å². The lowest BCUT2D eigenvalue weighted by Crippen LogP contribution is -2.25. The van der Waals surface area contributed by atoms with Crippen LogP contribution in [0.1, 0.15) is 40.7 Å². The first-order valence-corrected chi connectivity index (χ1v) is 7.41. The van der Waals surface area contributed by atoms with Crippen LogP contribution in [0.4, 0.5) is 0 Å². The molecule has 2 aromatic heterocycles. The Morgan fingerprint density at radius 2 is 2.23 bits per heavy atom. The molecule has 0 aliphatic rings. The summed E-state index contributed by atoms with van der Waals surface area (Å²) in [5, 5.41) is 6.81. The standard InChI is InChI=1S/C16H21N3O3/c1-4-21-16-14(8-6-10-18-16)15(20)17-9-5-7-13-11(2)19-22-12(13)3/h6,8,10H,4-5,7,9H2,1-3H3,(H,17,20). The van der Waals surface area contributed by atoms with E-state index in [0.717, 1.165) is 29.9 Å². The number of pyridine rings is 1. The number of nitrogens with zero attached hydrogens (tertiary/aromatic N) is 2. The normalized spacial score (nSPS) is 10.5. The number of hydrogen-bond acceptors (Lipinski definition) is 5. The van der Waals surface area contributed by atoms with Gasteiger partial charge < -0.3 is 14.6 Å². The number of carbonyl (C=O) groups excluding carboxylic acids is 1. The first kappa shape index (κ1) is 16.0. The van der Waals surface area contributed by atoms with Crippen molar-refractivity contribution >= 4 is 5.91 Å². The van der Waals surface area contributed by atoms with Gasteiger partial charge in [0.1, 0.15) is 11.3 Å². The van der Waals surface area contributed by atoms with E-state index in [1.807, 2.05) is 20.8 Å². The Labute approximate surface area is 129 Å². The Hall–Kier alpha value is -2.37. The van der Waals surface area contributed by atoms with Crippen LogP contribution < -0.4 is 10.1 Å². The van der Waals surface area contributed by atoms with Crippen molar-refractivity contribution < 1.29 is 14.1 Å². The SMILES string of the molecule is CCOc1ncccc1C(=O)NCCCc1c(C)noc1C. The zero-order valence-corrected chi connectivity index (χ0v) is 13.2. The number of aromatic nitrogens is 2. The molecule has 1 amide bonds. The Bertz CT molecular complexity index is 618. The Morgan fingerprint density at radius 1 is 1.41 bits per heavy atom. The van der Waals surface area contributed by atoms with E-state index in [9.17, 15) is 4.79 Å². The third-order valence-corrected chi connectivity index (χ3v) is 3.37. The lowest BCUT2D eigenvalue weighted by atomic mass is 10.1. The van der Waals surface area contributed by atoms with Crippen molar-refractivity contribution in [1.82, 2.24) is 15.5 Å². The van der Waals surface area contributed by atoms with Gasteiger partial charge in [0.05, 0.1) is 12.3 Å². The van der Waals surface area contributed by atoms with Gasteiger partial charge in [-0.25, -0.2) is 4.98 Å². The largest absolute Gasteiger partial charge is 0.477 e. The van der Waals surface area contributed by atoms with Crippen LogP contribution >= 0.6 is 0 Å². The van der Waals surface area contributed by atoms with Crippen LogP contribution in [0.25, 0.3) is 0 Å². The minimum atomic E-state index is -0.171. The van der Waals surface area contributed by atoms with Gasteiger partial charge in [0.2, 0.25) is 5.88 Å². The van der Waals surface area contributed by atoms with E-state index in [1.54, 1.807) is 18.3 Å². The summed E-state index contributed by atoms with van der Waals surface area (Å²) in [5.74, 6) is 1.04. The second-order valence-electron chi connectivity index (χ2n) is 4.95. The molecule has 0 saturated heterocycles. The highest BCUT2D eigenvalue weighted by Gasteiger charge is 2.13. The molecule has 0 saturated carbocycles. The molecule has 0 spiro atoms. The molecule has 0 aliphatic heterocycles. The molecule has 6 nitrogen and oxygen atoms in total. The van der Waals surface area contributed by atoms with Gasteiger partial charge in [-0.05, 0) is 45.7 Å². The van der Waals surface area contributed by atoms with Crippen molar-refractivity contribution in [3.63, 3.8) is 0 Å². The highest BCUT2D eigenvalue weighted by Crippen LogP contribution is 2.15. The predicted octanol–water partition coefficient (Wildman–Crippen LogP) is 2.45. The van der Waals surface area contributed by atoms with Crippen molar-refractivity contribution in [2.24, 2.45) is 0 Å². The predicted molar refractivity (Wildman–Crippen MR) is 82.0 cm³/mol. The van der Waals surface area contributed by atoms with Crippen molar-refractivity contribution in [3.05, 3.63) is 40.9 Å². The molecule has 0 aromatic carbocycles. The zero-order valence-electron chi connectivity index (χ0n) is 13.2. The highest BCUT2D eigenvalue weighted by atomic mass is 16.5. The number of aryl methyl sites for hydroxylation is 2. The van der Waals surface area contributed by atoms with Crippen LogP contribution in [-0.2, 0) is 6.42 Å². The van der Waals surface area contributed by atoms with Crippen LogP contribution in [0.2, 0.25) is 0 Å². The maximum Gasteiger partial charge on any atom is 0.256 e. The van der Waals surface area contributed by atoms with E-state index in [2.05, 4.69) is 15.5 Å². The molecule has 0 aliphatic carbocycles. The average Bonchev–Trinajstić information content (AvgIpc) is 2.83. The molecule has 1 N–H and O–H groups in total. The second-order valence-corrected chi connectivity index (χ2v) is 4.95. The summed E-state index contributed by atoms with van der Waals surface area (Å²) in [7, 11) is 0. The van der Waals surface area contributed by atoms with Gasteiger partial charge in [0.25, 0.3) is 5.91 Å². The molecular formula is C16H21N3O3. The molecular weight excluding hydrogens is 282 g/mol. The lowest BCUT2D eigenvalue weighted by molar-refractivity contribution is 0.0948. The summed E-state index contributed by atoms with van der Waals surface area (Å²) in [5.41, 5.74) is 2.49. The first-order chi connectivity index (χ1) is 10.6. The van der Waals surface area contributed by atoms with Crippen LogP contribution in [-0.4, -0.2) is 29.2 Å². The zero-order chi connectivity index (χ0) is 15.9.